The molecule has 1 aliphatic rings. The Balaban J connectivity index is 1.81. The molecule has 2 heteroatoms. The molecule has 0 aliphatic heterocycles. The Hall–Kier alpha value is -0.470. The van der Waals surface area contributed by atoms with E-state index in [-0.39, 0.29) is 0 Å². The van der Waals surface area contributed by atoms with E-state index < -0.39 is 0 Å². The summed E-state index contributed by atoms with van der Waals surface area (Å²) in [7, 11) is 2.10. The lowest BCUT2D eigenvalue weighted by Gasteiger charge is -2.33. The van der Waals surface area contributed by atoms with E-state index in [1.54, 1.807) is 11.1 Å². The van der Waals surface area contributed by atoms with Crippen molar-refractivity contribution in [1.29, 1.82) is 0 Å². The van der Waals surface area contributed by atoms with Gasteiger partial charge in [0.05, 0.1) is 0 Å². The second-order valence-corrected chi connectivity index (χ2v) is 6.05. The van der Waals surface area contributed by atoms with Crippen LogP contribution in [0.25, 0.3) is 0 Å². The van der Waals surface area contributed by atoms with E-state index in [4.69, 9.17) is 0 Å². The van der Waals surface area contributed by atoms with Crippen LogP contribution in [0.4, 0.5) is 0 Å². The highest BCUT2D eigenvalue weighted by Gasteiger charge is 2.27. The van der Waals surface area contributed by atoms with Gasteiger partial charge in [0, 0.05) is 11.8 Å². The molecule has 0 radical (unpaired) electrons. The maximum Gasteiger partial charge on any atom is 0.0161 e. The summed E-state index contributed by atoms with van der Waals surface area (Å²) in [4.78, 5) is 0. The van der Waals surface area contributed by atoms with Crippen LogP contribution in [-0.4, -0.2) is 24.6 Å². The van der Waals surface area contributed by atoms with Crippen LogP contribution in [-0.2, 0) is 6.42 Å². The number of thioether (sulfide) groups is 1. The molecule has 0 fully saturated rings. The lowest BCUT2D eigenvalue weighted by Crippen LogP contribution is -2.32. The molecule has 2 atom stereocenters. The maximum absolute atomic E-state index is 3.47. The molecular weight excluding hydrogens is 226 g/mol. The summed E-state index contributed by atoms with van der Waals surface area (Å²) in [5, 5.41) is 3.47. The molecule has 0 bridgehead atoms. The van der Waals surface area contributed by atoms with Gasteiger partial charge >= 0.3 is 0 Å². The highest BCUT2D eigenvalue weighted by atomic mass is 32.2. The maximum atomic E-state index is 3.47. The van der Waals surface area contributed by atoms with E-state index in [9.17, 15) is 0 Å². The van der Waals surface area contributed by atoms with Crippen molar-refractivity contribution in [2.45, 2.75) is 38.1 Å². The molecule has 1 N–H and O–H groups in total. The summed E-state index contributed by atoms with van der Waals surface area (Å²) >= 11 is 2.08. The van der Waals surface area contributed by atoms with Crippen LogP contribution >= 0.6 is 11.8 Å². The Morgan fingerprint density at radius 1 is 1.41 bits per heavy atom. The fourth-order valence-corrected chi connectivity index (χ4v) is 3.60. The third-order valence-electron chi connectivity index (χ3n) is 3.61. The Morgan fingerprint density at radius 3 is 2.94 bits per heavy atom. The van der Waals surface area contributed by atoms with Crippen molar-refractivity contribution in [1.82, 2.24) is 5.32 Å². The van der Waals surface area contributed by atoms with E-state index in [2.05, 4.69) is 55.3 Å². The monoisotopic (exact) mass is 249 g/mol. The summed E-state index contributed by atoms with van der Waals surface area (Å²) in [6.07, 6.45) is 3.87. The average Bonchev–Trinajstić information content (AvgIpc) is 2.34. The van der Waals surface area contributed by atoms with E-state index >= 15 is 0 Å². The SMILES string of the molecule is CCCSCC(CC1Cc2ccccc21)NC. The third-order valence-corrected chi connectivity index (χ3v) is 4.94. The molecule has 0 saturated carbocycles. The molecule has 94 valence electrons. The van der Waals surface area contributed by atoms with E-state index in [1.165, 1.54) is 30.8 Å². The first-order valence-electron chi connectivity index (χ1n) is 6.68. The fourth-order valence-electron chi connectivity index (χ4n) is 2.56. The number of hydrogen-bond donors (Lipinski definition) is 1. The summed E-state index contributed by atoms with van der Waals surface area (Å²) in [6, 6.07) is 9.57. The van der Waals surface area contributed by atoms with Gasteiger partial charge in [0.1, 0.15) is 0 Å². The standard InChI is InChI=1S/C15H23NS/c1-3-8-17-11-14(16-2)10-13-9-12-6-4-5-7-15(12)13/h4-7,13-14,16H,3,8-11H2,1-2H3. The van der Waals surface area contributed by atoms with Crippen molar-refractivity contribution in [2.24, 2.45) is 0 Å². The van der Waals surface area contributed by atoms with E-state index in [1.807, 2.05) is 0 Å². The van der Waals surface area contributed by atoms with Crippen molar-refractivity contribution in [3.05, 3.63) is 35.4 Å². The van der Waals surface area contributed by atoms with Gasteiger partial charge in [-0.05, 0) is 49.1 Å². The van der Waals surface area contributed by atoms with Crippen LogP contribution in [0.15, 0.2) is 24.3 Å². The number of benzene rings is 1. The summed E-state index contributed by atoms with van der Waals surface area (Å²) < 4.78 is 0. The summed E-state index contributed by atoms with van der Waals surface area (Å²) in [6.45, 7) is 2.25. The average molecular weight is 249 g/mol. The molecule has 1 aliphatic carbocycles. The van der Waals surface area contributed by atoms with Crippen LogP contribution < -0.4 is 5.32 Å². The van der Waals surface area contributed by atoms with Crippen molar-refractivity contribution in [3.8, 4) is 0 Å². The Kier molecular flexibility index (Phi) is 4.93. The first-order chi connectivity index (χ1) is 8.35. The zero-order valence-corrected chi connectivity index (χ0v) is 11.7. The Bertz CT molecular complexity index is 351. The molecule has 17 heavy (non-hydrogen) atoms. The van der Waals surface area contributed by atoms with E-state index in [0.717, 1.165) is 5.92 Å². The van der Waals surface area contributed by atoms with Crippen molar-refractivity contribution >= 4 is 11.8 Å². The molecule has 2 unspecified atom stereocenters. The molecular formula is C15H23NS. The molecule has 0 amide bonds. The first kappa shape index (κ1) is 13.0. The topological polar surface area (TPSA) is 12.0 Å². The lowest BCUT2D eigenvalue weighted by atomic mass is 9.74. The predicted molar refractivity (Wildman–Crippen MR) is 78.0 cm³/mol. The normalized spacial score (nSPS) is 19.5. The quantitative estimate of drug-likeness (QED) is 0.743. The molecule has 1 nitrogen and oxygen atoms in total. The van der Waals surface area contributed by atoms with Gasteiger partial charge in [-0.15, -0.1) is 0 Å². The fraction of sp³-hybridized carbons (Fsp3) is 0.600. The molecule has 0 aromatic heterocycles. The van der Waals surface area contributed by atoms with Gasteiger partial charge in [0.15, 0.2) is 0 Å². The van der Waals surface area contributed by atoms with Crippen molar-refractivity contribution < 1.29 is 0 Å². The Morgan fingerprint density at radius 2 is 2.24 bits per heavy atom. The first-order valence-corrected chi connectivity index (χ1v) is 7.83. The minimum absolute atomic E-state index is 0.671. The van der Waals surface area contributed by atoms with Crippen LogP contribution in [0.5, 0.6) is 0 Å². The number of rotatable bonds is 7. The van der Waals surface area contributed by atoms with Gasteiger partial charge in [0.2, 0.25) is 0 Å². The molecule has 2 rings (SSSR count). The van der Waals surface area contributed by atoms with Crippen LogP contribution in [0.2, 0.25) is 0 Å². The van der Waals surface area contributed by atoms with Crippen molar-refractivity contribution in [2.75, 3.05) is 18.6 Å². The van der Waals surface area contributed by atoms with Gasteiger partial charge in [-0.1, -0.05) is 31.2 Å². The molecule has 0 saturated heterocycles. The van der Waals surface area contributed by atoms with Crippen LogP contribution in [0.3, 0.4) is 0 Å². The zero-order chi connectivity index (χ0) is 12.1. The summed E-state index contributed by atoms with van der Waals surface area (Å²) in [5.74, 6) is 3.34. The largest absolute Gasteiger partial charge is 0.316 e. The zero-order valence-electron chi connectivity index (χ0n) is 10.9. The van der Waals surface area contributed by atoms with Crippen molar-refractivity contribution in [3.63, 3.8) is 0 Å². The minimum atomic E-state index is 0.671. The summed E-state index contributed by atoms with van der Waals surface area (Å²) in [5.41, 5.74) is 3.15. The highest BCUT2D eigenvalue weighted by molar-refractivity contribution is 7.99. The van der Waals surface area contributed by atoms with Gasteiger partial charge in [0.25, 0.3) is 0 Å². The van der Waals surface area contributed by atoms with Crippen LogP contribution in [0, 0.1) is 0 Å². The second-order valence-electron chi connectivity index (χ2n) is 4.90. The third kappa shape index (κ3) is 3.26. The smallest absolute Gasteiger partial charge is 0.0161 e. The van der Waals surface area contributed by atoms with Gasteiger partial charge in [-0.3, -0.25) is 0 Å². The molecule has 1 aromatic rings. The minimum Gasteiger partial charge on any atom is -0.316 e. The Labute approximate surface area is 109 Å². The van der Waals surface area contributed by atoms with Gasteiger partial charge in [-0.2, -0.15) is 11.8 Å². The van der Waals surface area contributed by atoms with Gasteiger partial charge < -0.3 is 5.32 Å². The predicted octanol–water partition coefficient (Wildman–Crippen LogP) is 3.45. The number of nitrogens with one attached hydrogen (secondary N) is 1. The highest BCUT2D eigenvalue weighted by Crippen LogP contribution is 2.38. The molecule has 1 aromatic carbocycles. The second kappa shape index (κ2) is 6.46. The van der Waals surface area contributed by atoms with Gasteiger partial charge in [-0.25, -0.2) is 0 Å². The van der Waals surface area contributed by atoms with E-state index in [0.29, 0.717) is 6.04 Å². The van der Waals surface area contributed by atoms with Crippen LogP contribution in [0.1, 0.15) is 36.8 Å². The number of hydrogen-bond acceptors (Lipinski definition) is 2. The molecule has 0 spiro atoms. The molecule has 0 heterocycles. The lowest BCUT2D eigenvalue weighted by molar-refractivity contribution is 0.468. The number of fused-ring (bicyclic) bond motifs is 1.